The van der Waals surface area contributed by atoms with Gasteiger partial charge in [-0.3, -0.25) is 14.7 Å². The standard InChI is InChI=1S/C21H32F3N5O/c1-20(2,3)18(30)26-10-11-27-19(25-4)28-17-9-12-29(14-17)13-15-5-7-16(8-6-15)21(22,23)24/h5-8,17H,9-14H2,1-4H3,(H,26,30)(H2,25,27,28). The van der Waals surface area contributed by atoms with E-state index in [1.54, 1.807) is 7.05 Å². The van der Waals surface area contributed by atoms with Crippen LogP contribution < -0.4 is 16.0 Å². The van der Waals surface area contributed by atoms with Crippen LogP contribution in [0.5, 0.6) is 0 Å². The zero-order valence-corrected chi connectivity index (χ0v) is 18.1. The average Bonchev–Trinajstić information content (AvgIpc) is 3.09. The Bertz CT molecular complexity index is 726. The van der Waals surface area contributed by atoms with Crippen molar-refractivity contribution in [3.05, 3.63) is 35.4 Å². The van der Waals surface area contributed by atoms with E-state index in [1.165, 1.54) is 12.1 Å². The lowest BCUT2D eigenvalue weighted by Crippen LogP contribution is -2.47. The Morgan fingerprint density at radius 3 is 2.33 bits per heavy atom. The lowest BCUT2D eigenvalue weighted by molar-refractivity contribution is -0.137. The number of alkyl halides is 3. The molecule has 6 nitrogen and oxygen atoms in total. The first kappa shape index (κ1) is 24.0. The maximum atomic E-state index is 12.7. The van der Waals surface area contributed by atoms with E-state index in [4.69, 9.17) is 0 Å². The van der Waals surface area contributed by atoms with Crippen molar-refractivity contribution in [3.8, 4) is 0 Å². The number of likely N-dealkylation sites (tertiary alicyclic amines) is 1. The monoisotopic (exact) mass is 427 g/mol. The minimum Gasteiger partial charge on any atom is -0.355 e. The first-order valence-corrected chi connectivity index (χ1v) is 10.1. The Labute approximate surface area is 176 Å². The lowest BCUT2D eigenvalue weighted by Gasteiger charge is -2.20. The van der Waals surface area contributed by atoms with Crippen LogP contribution in [0.2, 0.25) is 0 Å². The predicted molar refractivity (Wildman–Crippen MR) is 112 cm³/mol. The van der Waals surface area contributed by atoms with Gasteiger partial charge in [0, 0.05) is 51.2 Å². The molecule has 0 radical (unpaired) electrons. The van der Waals surface area contributed by atoms with E-state index in [0.29, 0.717) is 25.6 Å². The summed E-state index contributed by atoms with van der Waals surface area (Å²) in [5.74, 6) is 0.670. The van der Waals surface area contributed by atoms with Crippen LogP contribution in [-0.4, -0.2) is 56.0 Å². The Balaban J connectivity index is 1.73. The number of amides is 1. The summed E-state index contributed by atoms with van der Waals surface area (Å²) in [6.07, 6.45) is -3.39. The highest BCUT2D eigenvalue weighted by Crippen LogP contribution is 2.29. The third-order valence-corrected chi connectivity index (χ3v) is 4.91. The van der Waals surface area contributed by atoms with Gasteiger partial charge in [-0.15, -0.1) is 0 Å². The zero-order chi connectivity index (χ0) is 22.4. The number of aliphatic imine (C=N–C) groups is 1. The van der Waals surface area contributed by atoms with E-state index in [-0.39, 0.29) is 11.9 Å². The van der Waals surface area contributed by atoms with Crippen molar-refractivity contribution in [1.29, 1.82) is 0 Å². The van der Waals surface area contributed by atoms with E-state index in [9.17, 15) is 18.0 Å². The van der Waals surface area contributed by atoms with Crippen LogP contribution in [0, 0.1) is 5.41 Å². The van der Waals surface area contributed by atoms with Crippen LogP contribution in [0.3, 0.4) is 0 Å². The van der Waals surface area contributed by atoms with E-state index in [0.717, 1.165) is 37.2 Å². The molecule has 0 saturated carbocycles. The van der Waals surface area contributed by atoms with Gasteiger partial charge in [0.15, 0.2) is 5.96 Å². The molecule has 1 aromatic carbocycles. The van der Waals surface area contributed by atoms with Crippen molar-refractivity contribution in [2.45, 2.75) is 46.0 Å². The molecule has 1 saturated heterocycles. The smallest absolute Gasteiger partial charge is 0.355 e. The molecule has 2 rings (SSSR count). The van der Waals surface area contributed by atoms with E-state index in [1.807, 2.05) is 20.8 Å². The van der Waals surface area contributed by atoms with Crippen LogP contribution in [-0.2, 0) is 17.5 Å². The number of benzene rings is 1. The number of hydrogen-bond donors (Lipinski definition) is 3. The number of rotatable bonds is 6. The molecule has 1 unspecified atom stereocenters. The Hall–Kier alpha value is -2.29. The quantitative estimate of drug-likeness (QED) is 0.371. The second-order valence-electron chi connectivity index (χ2n) is 8.56. The van der Waals surface area contributed by atoms with Gasteiger partial charge in [-0.2, -0.15) is 13.2 Å². The molecule has 9 heteroatoms. The highest BCUT2D eigenvalue weighted by atomic mass is 19.4. The Morgan fingerprint density at radius 1 is 1.13 bits per heavy atom. The minimum atomic E-state index is -4.31. The molecule has 30 heavy (non-hydrogen) atoms. The number of hydrogen-bond acceptors (Lipinski definition) is 3. The topological polar surface area (TPSA) is 68.8 Å². The number of halogens is 3. The van der Waals surface area contributed by atoms with Gasteiger partial charge in [0.1, 0.15) is 0 Å². The summed E-state index contributed by atoms with van der Waals surface area (Å²) < 4.78 is 38.0. The highest BCUT2D eigenvalue weighted by Gasteiger charge is 2.30. The molecule has 1 fully saturated rings. The molecule has 1 atom stereocenters. The van der Waals surface area contributed by atoms with Gasteiger partial charge >= 0.3 is 6.18 Å². The van der Waals surface area contributed by atoms with Gasteiger partial charge < -0.3 is 16.0 Å². The first-order valence-electron chi connectivity index (χ1n) is 10.1. The number of nitrogens with zero attached hydrogens (tertiary/aromatic N) is 2. The lowest BCUT2D eigenvalue weighted by atomic mass is 9.96. The zero-order valence-electron chi connectivity index (χ0n) is 18.1. The number of carbonyl (C=O) groups excluding carboxylic acids is 1. The molecule has 0 aliphatic carbocycles. The summed E-state index contributed by atoms with van der Waals surface area (Å²) in [6, 6.07) is 5.54. The Morgan fingerprint density at radius 2 is 1.77 bits per heavy atom. The second kappa shape index (κ2) is 10.1. The van der Waals surface area contributed by atoms with E-state index in [2.05, 4.69) is 25.8 Å². The van der Waals surface area contributed by atoms with Gasteiger partial charge in [-0.25, -0.2) is 0 Å². The van der Waals surface area contributed by atoms with E-state index >= 15 is 0 Å². The molecule has 0 bridgehead atoms. The van der Waals surface area contributed by atoms with Crippen molar-refractivity contribution < 1.29 is 18.0 Å². The highest BCUT2D eigenvalue weighted by molar-refractivity contribution is 5.82. The van der Waals surface area contributed by atoms with Gasteiger partial charge in [-0.05, 0) is 24.1 Å². The third-order valence-electron chi connectivity index (χ3n) is 4.91. The molecule has 1 amide bonds. The van der Waals surface area contributed by atoms with Crippen LogP contribution in [0.15, 0.2) is 29.3 Å². The third kappa shape index (κ3) is 7.51. The van der Waals surface area contributed by atoms with Crippen LogP contribution in [0.25, 0.3) is 0 Å². The fraction of sp³-hybridized carbons (Fsp3) is 0.619. The van der Waals surface area contributed by atoms with Gasteiger partial charge in [0.2, 0.25) is 5.91 Å². The number of carbonyl (C=O) groups is 1. The minimum absolute atomic E-state index is 0.00180. The molecule has 1 aromatic rings. The number of guanidine groups is 1. The molecular formula is C21H32F3N5O. The molecule has 1 heterocycles. The summed E-state index contributed by atoms with van der Waals surface area (Å²) in [6.45, 7) is 8.91. The summed E-state index contributed by atoms with van der Waals surface area (Å²) in [5.41, 5.74) is -0.179. The molecule has 0 aromatic heterocycles. The molecule has 1 aliphatic rings. The fourth-order valence-corrected chi connectivity index (χ4v) is 3.16. The summed E-state index contributed by atoms with van der Waals surface area (Å²) in [7, 11) is 1.69. The van der Waals surface area contributed by atoms with Crippen molar-refractivity contribution in [1.82, 2.24) is 20.9 Å². The maximum Gasteiger partial charge on any atom is 0.416 e. The first-order chi connectivity index (χ1) is 14.0. The molecule has 0 spiro atoms. The van der Waals surface area contributed by atoms with Gasteiger partial charge in [0.25, 0.3) is 0 Å². The maximum absolute atomic E-state index is 12.7. The van der Waals surface area contributed by atoms with Crippen molar-refractivity contribution in [2.24, 2.45) is 10.4 Å². The van der Waals surface area contributed by atoms with Gasteiger partial charge in [-0.1, -0.05) is 32.9 Å². The number of nitrogens with one attached hydrogen (secondary N) is 3. The second-order valence-corrected chi connectivity index (χ2v) is 8.56. The van der Waals surface area contributed by atoms with Crippen LogP contribution in [0.4, 0.5) is 13.2 Å². The van der Waals surface area contributed by atoms with Crippen molar-refractivity contribution in [2.75, 3.05) is 33.2 Å². The SMILES string of the molecule is CN=C(NCCNC(=O)C(C)(C)C)NC1CCN(Cc2ccc(C(F)(F)F)cc2)C1. The van der Waals surface area contributed by atoms with Crippen molar-refractivity contribution in [3.63, 3.8) is 0 Å². The summed E-state index contributed by atoms with van der Waals surface area (Å²) in [4.78, 5) is 18.3. The largest absolute Gasteiger partial charge is 0.416 e. The fourth-order valence-electron chi connectivity index (χ4n) is 3.16. The molecule has 1 aliphatic heterocycles. The van der Waals surface area contributed by atoms with Crippen LogP contribution in [0.1, 0.15) is 38.3 Å². The average molecular weight is 428 g/mol. The summed E-state index contributed by atoms with van der Waals surface area (Å²) >= 11 is 0. The van der Waals surface area contributed by atoms with Gasteiger partial charge in [0.05, 0.1) is 5.56 Å². The Kier molecular flexibility index (Phi) is 8.11. The molecule has 3 N–H and O–H groups in total. The normalized spacial score (nSPS) is 18.4. The molecule has 168 valence electrons. The van der Waals surface area contributed by atoms with E-state index < -0.39 is 17.2 Å². The van der Waals surface area contributed by atoms with Crippen molar-refractivity contribution >= 4 is 11.9 Å². The van der Waals surface area contributed by atoms with Crippen LogP contribution >= 0.6 is 0 Å². The summed E-state index contributed by atoms with van der Waals surface area (Å²) in [5, 5.41) is 9.43. The molecular weight excluding hydrogens is 395 g/mol. The predicted octanol–water partition coefficient (Wildman–Crippen LogP) is 2.61.